The molecule has 0 radical (unpaired) electrons. The first-order chi connectivity index (χ1) is 7.96. The van der Waals surface area contributed by atoms with Crippen LogP contribution < -0.4 is 5.32 Å². The fraction of sp³-hybridized carbons (Fsp3) is 0.571. The first-order valence-electron chi connectivity index (χ1n) is 6.18. The van der Waals surface area contributed by atoms with Gasteiger partial charge in [-0.2, -0.15) is 0 Å². The molecular weight excluding hydrogens is 237 g/mol. The molecule has 1 saturated carbocycles. The van der Waals surface area contributed by atoms with Gasteiger partial charge in [-0.25, -0.2) is 4.39 Å². The second kappa shape index (κ2) is 4.85. The minimum atomic E-state index is -0.224. The van der Waals surface area contributed by atoms with Crippen LogP contribution in [-0.2, 0) is 0 Å². The summed E-state index contributed by atoms with van der Waals surface area (Å²) < 4.78 is 13.6. The molecule has 94 valence electrons. The maximum absolute atomic E-state index is 13.6. The zero-order valence-corrected chi connectivity index (χ0v) is 11.1. The van der Waals surface area contributed by atoms with E-state index in [1.807, 2.05) is 0 Å². The summed E-state index contributed by atoms with van der Waals surface area (Å²) in [6.45, 7) is 4.55. The van der Waals surface area contributed by atoms with Gasteiger partial charge in [0.2, 0.25) is 0 Å². The highest BCUT2D eigenvalue weighted by molar-refractivity contribution is 6.30. The summed E-state index contributed by atoms with van der Waals surface area (Å²) in [5.74, 6) is -0.224. The van der Waals surface area contributed by atoms with Gasteiger partial charge in [0, 0.05) is 11.1 Å². The van der Waals surface area contributed by atoms with Gasteiger partial charge < -0.3 is 5.32 Å². The molecule has 1 fully saturated rings. The van der Waals surface area contributed by atoms with E-state index in [9.17, 15) is 4.39 Å². The lowest BCUT2D eigenvalue weighted by molar-refractivity contribution is 0.229. The molecule has 0 aromatic heterocycles. The highest BCUT2D eigenvalue weighted by atomic mass is 35.5. The zero-order valence-electron chi connectivity index (χ0n) is 10.4. The lowest BCUT2D eigenvalue weighted by Gasteiger charge is -2.36. The fourth-order valence-corrected chi connectivity index (χ4v) is 2.82. The van der Waals surface area contributed by atoms with Crippen molar-refractivity contribution in [3.8, 4) is 0 Å². The predicted octanol–water partition coefficient (Wildman–Crippen LogP) is 4.86. The third-order valence-corrected chi connectivity index (χ3v) is 3.73. The van der Waals surface area contributed by atoms with Crippen LogP contribution in [0.2, 0.25) is 5.02 Å². The largest absolute Gasteiger partial charge is 0.380 e. The second-order valence-electron chi connectivity index (χ2n) is 5.73. The van der Waals surface area contributed by atoms with Gasteiger partial charge >= 0.3 is 0 Å². The van der Waals surface area contributed by atoms with Gasteiger partial charge in [-0.15, -0.1) is 0 Å². The lowest BCUT2D eigenvalue weighted by Crippen LogP contribution is -2.32. The summed E-state index contributed by atoms with van der Waals surface area (Å²) in [7, 11) is 0. The van der Waals surface area contributed by atoms with Gasteiger partial charge in [0.1, 0.15) is 5.82 Å². The van der Waals surface area contributed by atoms with Crippen molar-refractivity contribution < 1.29 is 4.39 Å². The molecule has 0 bridgehead atoms. The number of hydrogen-bond acceptors (Lipinski definition) is 1. The van der Waals surface area contributed by atoms with Crippen LogP contribution in [0.25, 0.3) is 0 Å². The van der Waals surface area contributed by atoms with Crippen LogP contribution in [0, 0.1) is 11.2 Å². The van der Waals surface area contributed by atoms with Crippen LogP contribution >= 0.6 is 11.6 Å². The summed E-state index contributed by atoms with van der Waals surface area (Å²) in [4.78, 5) is 0. The minimum Gasteiger partial charge on any atom is -0.380 e. The van der Waals surface area contributed by atoms with E-state index >= 15 is 0 Å². The Bertz CT molecular complexity index is 403. The Labute approximate surface area is 107 Å². The van der Waals surface area contributed by atoms with Gasteiger partial charge in [-0.1, -0.05) is 31.9 Å². The SMILES string of the molecule is CC1(C)CCCC(Nc2cc(Cl)ccc2F)C1. The molecule has 2 rings (SSSR count). The standard InChI is InChI=1S/C14H19ClFN/c1-14(2)7-3-4-11(9-14)17-13-8-10(15)5-6-12(13)16/h5-6,8,11,17H,3-4,7,9H2,1-2H3. The van der Waals surface area contributed by atoms with Crippen LogP contribution in [0.1, 0.15) is 39.5 Å². The van der Waals surface area contributed by atoms with Gasteiger partial charge in [-0.05, 0) is 42.9 Å². The van der Waals surface area contributed by atoms with Crippen molar-refractivity contribution in [1.82, 2.24) is 0 Å². The summed E-state index contributed by atoms with van der Waals surface area (Å²) >= 11 is 5.88. The second-order valence-corrected chi connectivity index (χ2v) is 6.16. The quantitative estimate of drug-likeness (QED) is 0.796. The molecule has 1 aromatic rings. The maximum Gasteiger partial charge on any atom is 0.146 e. The van der Waals surface area contributed by atoms with Crippen LogP contribution in [-0.4, -0.2) is 6.04 Å². The van der Waals surface area contributed by atoms with E-state index in [0.717, 1.165) is 12.8 Å². The molecule has 1 aromatic carbocycles. The summed E-state index contributed by atoms with van der Waals surface area (Å²) in [5.41, 5.74) is 0.880. The van der Waals surface area contributed by atoms with Gasteiger partial charge in [0.05, 0.1) is 5.69 Å². The van der Waals surface area contributed by atoms with Crippen LogP contribution in [0.3, 0.4) is 0 Å². The lowest BCUT2D eigenvalue weighted by atomic mass is 9.75. The van der Waals surface area contributed by atoms with Crippen molar-refractivity contribution in [2.24, 2.45) is 5.41 Å². The Morgan fingerprint density at radius 3 is 2.88 bits per heavy atom. The maximum atomic E-state index is 13.6. The van der Waals surface area contributed by atoms with E-state index in [1.165, 1.54) is 18.9 Å². The molecule has 1 atom stereocenters. The number of halogens is 2. The smallest absolute Gasteiger partial charge is 0.146 e. The molecule has 0 aliphatic heterocycles. The highest BCUT2D eigenvalue weighted by Gasteiger charge is 2.28. The molecule has 0 spiro atoms. The fourth-order valence-electron chi connectivity index (χ4n) is 2.65. The van der Waals surface area contributed by atoms with Crippen LogP contribution in [0.15, 0.2) is 18.2 Å². The van der Waals surface area contributed by atoms with Crippen molar-refractivity contribution in [2.45, 2.75) is 45.6 Å². The molecule has 0 saturated heterocycles. The summed E-state index contributed by atoms with van der Waals surface area (Å²) in [6.07, 6.45) is 4.64. The first-order valence-corrected chi connectivity index (χ1v) is 6.56. The summed E-state index contributed by atoms with van der Waals surface area (Å²) in [6, 6.07) is 5.01. The van der Waals surface area contributed by atoms with Crippen molar-refractivity contribution in [3.63, 3.8) is 0 Å². The Kier molecular flexibility index (Phi) is 3.62. The molecule has 1 unspecified atom stereocenters. The van der Waals surface area contributed by atoms with E-state index in [4.69, 9.17) is 11.6 Å². The third kappa shape index (κ3) is 3.35. The number of nitrogens with one attached hydrogen (secondary N) is 1. The number of hydrogen-bond donors (Lipinski definition) is 1. The Hall–Kier alpha value is -0.760. The van der Waals surface area contributed by atoms with Crippen molar-refractivity contribution >= 4 is 17.3 Å². The highest BCUT2D eigenvalue weighted by Crippen LogP contribution is 2.36. The topological polar surface area (TPSA) is 12.0 Å². The predicted molar refractivity (Wildman–Crippen MR) is 71.1 cm³/mol. The average molecular weight is 256 g/mol. The monoisotopic (exact) mass is 255 g/mol. The Balaban J connectivity index is 2.07. The average Bonchev–Trinajstić information content (AvgIpc) is 2.22. The number of anilines is 1. The molecule has 3 heteroatoms. The first kappa shape index (κ1) is 12.7. The number of benzene rings is 1. The molecule has 17 heavy (non-hydrogen) atoms. The molecule has 0 amide bonds. The molecule has 0 heterocycles. The van der Waals surface area contributed by atoms with E-state index in [1.54, 1.807) is 12.1 Å². The molecule has 1 nitrogen and oxygen atoms in total. The van der Waals surface area contributed by atoms with Gasteiger partial charge in [0.15, 0.2) is 0 Å². The van der Waals surface area contributed by atoms with Gasteiger partial charge in [-0.3, -0.25) is 0 Å². The van der Waals surface area contributed by atoms with E-state index < -0.39 is 0 Å². The van der Waals surface area contributed by atoms with E-state index in [0.29, 0.717) is 22.2 Å². The number of rotatable bonds is 2. The molecule has 1 aliphatic rings. The zero-order chi connectivity index (χ0) is 12.5. The molecule has 1 N–H and O–H groups in total. The van der Waals surface area contributed by atoms with Crippen LogP contribution in [0.4, 0.5) is 10.1 Å². The van der Waals surface area contributed by atoms with E-state index in [-0.39, 0.29) is 5.82 Å². The summed E-state index contributed by atoms with van der Waals surface area (Å²) in [5, 5.41) is 3.86. The Morgan fingerprint density at radius 1 is 1.41 bits per heavy atom. The minimum absolute atomic E-state index is 0.224. The normalized spacial score (nSPS) is 23.4. The van der Waals surface area contributed by atoms with E-state index in [2.05, 4.69) is 19.2 Å². The Morgan fingerprint density at radius 2 is 2.18 bits per heavy atom. The van der Waals surface area contributed by atoms with Crippen molar-refractivity contribution in [1.29, 1.82) is 0 Å². The van der Waals surface area contributed by atoms with Crippen LogP contribution in [0.5, 0.6) is 0 Å². The third-order valence-electron chi connectivity index (χ3n) is 3.49. The molecule has 1 aliphatic carbocycles. The molecular formula is C14H19ClFN. The van der Waals surface area contributed by atoms with Gasteiger partial charge in [0.25, 0.3) is 0 Å². The van der Waals surface area contributed by atoms with Crippen molar-refractivity contribution in [3.05, 3.63) is 29.0 Å². The van der Waals surface area contributed by atoms with Crippen molar-refractivity contribution in [2.75, 3.05) is 5.32 Å².